The van der Waals surface area contributed by atoms with E-state index in [2.05, 4.69) is 4.74 Å². The third kappa shape index (κ3) is 5.28. The molecule has 0 radical (unpaired) electrons. The maximum atomic E-state index is 12.5. The number of Topliss-reactive ketones (excluding diaryl/α,β-unsaturated/α-hetero) is 1. The molecule has 0 aliphatic rings. The smallest absolute Gasteiger partial charge is 0.345 e. The van der Waals surface area contributed by atoms with Gasteiger partial charge in [0.25, 0.3) is 5.69 Å². The first-order valence-electron chi connectivity index (χ1n) is 8.93. The summed E-state index contributed by atoms with van der Waals surface area (Å²) in [4.78, 5) is 46.3. The topological polar surface area (TPSA) is 118 Å². The SMILES string of the molecule is COC(=O)CCCn1c(C)cc(C(=O)COC(=O)c2ccccc2[N+](=O)[O-])c1C. The number of carbonyl (C=O) groups is 3. The zero-order chi connectivity index (χ0) is 21.6. The molecule has 9 heteroatoms. The van der Waals surface area contributed by atoms with Crippen LogP contribution in [-0.4, -0.2) is 40.9 Å². The number of methoxy groups -OCH3 is 1. The van der Waals surface area contributed by atoms with Gasteiger partial charge >= 0.3 is 11.9 Å². The van der Waals surface area contributed by atoms with Crippen LogP contribution in [0.3, 0.4) is 0 Å². The highest BCUT2D eigenvalue weighted by Gasteiger charge is 2.22. The number of para-hydroxylation sites is 1. The van der Waals surface area contributed by atoms with Crippen LogP contribution in [0.2, 0.25) is 0 Å². The van der Waals surface area contributed by atoms with Gasteiger partial charge in [0.15, 0.2) is 6.61 Å². The van der Waals surface area contributed by atoms with Crippen LogP contribution in [0.1, 0.15) is 44.9 Å². The second-order valence-corrected chi connectivity index (χ2v) is 6.39. The van der Waals surface area contributed by atoms with Crippen LogP contribution < -0.4 is 0 Å². The number of hydrogen-bond donors (Lipinski definition) is 0. The quantitative estimate of drug-likeness (QED) is 0.274. The van der Waals surface area contributed by atoms with Crippen LogP contribution in [0.25, 0.3) is 0 Å². The summed E-state index contributed by atoms with van der Waals surface area (Å²) in [6.07, 6.45) is 0.827. The second kappa shape index (κ2) is 9.63. The van der Waals surface area contributed by atoms with E-state index in [0.717, 1.165) is 5.69 Å². The number of nitro benzene ring substituents is 1. The molecule has 1 heterocycles. The first-order valence-corrected chi connectivity index (χ1v) is 8.93. The molecule has 9 nitrogen and oxygen atoms in total. The third-order valence-corrected chi connectivity index (χ3v) is 4.52. The van der Waals surface area contributed by atoms with Gasteiger partial charge in [-0.2, -0.15) is 0 Å². The Balaban J connectivity index is 2.04. The number of rotatable bonds is 9. The Morgan fingerprint density at radius 3 is 2.48 bits per heavy atom. The summed E-state index contributed by atoms with van der Waals surface area (Å²) in [6.45, 7) is 3.61. The van der Waals surface area contributed by atoms with Gasteiger partial charge in [-0.3, -0.25) is 19.7 Å². The molecule has 0 N–H and O–H groups in total. The van der Waals surface area contributed by atoms with Gasteiger partial charge in [0.2, 0.25) is 5.78 Å². The average molecular weight is 402 g/mol. The van der Waals surface area contributed by atoms with Crippen LogP contribution in [0.5, 0.6) is 0 Å². The van der Waals surface area contributed by atoms with Crippen molar-refractivity contribution in [1.82, 2.24) is 4.57 Å². The molecule has 0 amide bonds. The van der Waals surface area contributed by atoms with E-state index in [4.69, 9.17) is 4.74 Å². The lowest BCUT2D eigenvalue weighted by atomic mass is 10.1. The number of aromatic nitrogens is 1. The molecule has 1 aromatic heterocycles. The van der Waals surface area contributed by atoms with Crippen molar-refractivity contribution < 1.29 is 28.8 Å². The number of benzene rings is 1. The first kappa shape index (κ1) is 21.8. The van der Waals surface area contributed by atoms with Gasteiger partial charge in [-0.1, -0.05) is 12.1 Å². The second-order valence-electron chi connectivity index (χ2n) is 6.39. The van der Waals surface area contributed by atoms with Crippen LogP contribution in [-0.2, 0) is 20.8 Å². The van der Waals surface area contributed by atoms with Gasteiger partial charge in [-0.25, -0.2) is 4.79 Å². The minimum atomic E-state index is -0.933. The largest absolute Gasteiger partial charge is 0.469 e. The number of esters is 2. The van der Waals surface area contributed by atoms with Crippen LogP contribution in [0.4, 0.5) is 5.69 Å². The van der Waals surface area contributed by atoms with E-state index in [0.29, 0.717) is 24.2 Å². The van der Waals surface area contributed by atoms with E-state index < -0.39 is 23.3 Å². The molecule has 0 atom stereocenters. The summed E-state index contributed by atoms with van der Waals surface area (Å²) in [5.41, 5.74) is 1.34. The number of hydrogen-bond acceptors (Lipinski definition) is 7. The van der Waals surface area contributed by atoms with Crippen molar-refractivity contribution in [3.63, 3.8) is 0 Å². The molecule has 2 rings (SSSR count). The lowest BCUT2D eigenvalue weighted by molar-refractivity contribution is -0.385. The van der Waals surface area contributed by atoms with Gasteiger partial charge in [0.05, 0.1) is 12.0 Å². The third-order valence-electron chi connectivity index (χ3n) is 4.52. The zero-order valence-electron chi connectivity index (χ0n) is 16.5. The number of nitro groups is 1. The maximum absolute atomic E-state index is 12.5. The molecule has 2 aromatic rings. The van der Waals surface area contributed by atoms with Crippen LogP contribution in [0, 0.1) is 24.0 Å². The molecule has 1 aromatic carbocycles. The molecule has 154 valence electrons. The molecule has 0 unspecified atom stereocenters. The van der Waals surface area contributed by atoms with E-state index in [1.165, 1.54) is 31.4 Å². The monoisotopic (exact) mass is 402 g/mol. The summed E-state index contributed by atoms with van der Waals surface area (Å²) in [6, 6.07) is 7.08. The molecule has 0 fully saturated rings. The minimum Gasteiger partial charge on any atom is -0.469 e. The van der Waals surface area contributed by atoms with Crippen molar-refractivity contribution >= 4 is 23.4 Å². The highest BCUT2D eigenvalue weighted by molar-refractivity contribution is 6.01. The van der Waals surface area contributed by atoms with Gasteiger partial charge in [-0.15, -0.1) is 0 Å². The molecule has 0 saturated heterocycles. The summed E-state index contributed by atoms with van der Waals surface area (Å²) in [5.74, 6) is -1.65. The molecule has 0 bridgehead atoms. The van der Waals surface area contributed by atoms with Gasteiger partial charge in [0.1, 0.15) is 5.56 Å². The van der Waals surface area contributed by atoms with Crippen molar-refractivity contribution in [2.24, 2.45) is 0 Å². The van der Waals surface area contributed by atoms with Crippen LogP contribution in [0.15, 0.2) is 30.3 Å². The summed E-state index contributed by atoms with van der Waals surface area (Å²) in [7, 11) is 1.33. The lowest BCUT2D eigenvalue weighted by Crippen LogP contribution is -2.16. The number of carbonyl (C=O) groups excluding carboxylic acids is 3. The average Bonchev–Trinajstić information content (AvgIpc) is 2.99. The number of aryl methyl sites for hydroxylation is 1. The number of nitrogens with zero attached hydrogens (tertiary/aromatic N) is 2. The number of ketones is 1. The van der Waals surface area contributed by atoms with Crippen molar-refractivity contribution in [2.45, 2.75) is 33.2 Å². The van der Waals surface area contributed by atoms with Gasteiger partial charge in [0, 0.05) is 36.0 Å². The normalized spacial score (nSPS) is 10.4. The Morgan fingerprint density at radius 2 is 1.83 bits per heavy atom. The van der Waals surface area contributed by atoms with Crippen molar-refractivity contribution in [2.75, 3.05) is 13.7 Å². The van der Waals surface area contributed by atoms with E-state index in [1.807, 2.05) is 11.5 Å². The number of ether oxygens (including phenoxy) is 2. The predicted molar refractivity (Wildman–Crippen MR) is 103 cm³/mol. The van der Waals surface area contributed by atoms with Crippen molar-refractivity contribution in [1.29, 1.82) is 0 Å². The van der Waals surface area contributed by atoms with E-state index in [1.54, 1.807) is 13.0 Å². The summed E-state index contributed by atoms with van der Waals surface area (Å²) in [5, 5.41) is 11.0. The molecule has 0 aliphatic carbocycles. The Hall–Kier alpha value is -3.49. The highest BCUT2D eigenvalue weighted by Crippen LogP contribution is 2.20. The van der Waals surface area contributed by atoms with Gasteiger partial charge < -0.3 is 14.0 Å². The Morgan fingerprint density at radius 1 is 1.14 bits per heavy atom. The first-order chi connectivity index (χ1) is 13.8. The van der Waals surface area contributed by atoms with Crippen molar-refractivity contribution in [3.05, 3.63) is 63.0 Å². The van der Waals surface area contributed by atoms with E-state index >= 15 is 0 Å². The van der Waals surface area contributed by atoms with E-state index in [-0.39, 0.29) is 23.6 Å². The Bertz CT molecular complexity index is 946. The standard InChI is InChI=1S/C20H22N2O7/c1-13-11-16(14(2)21(13)10-6-9-19(24)28-3)18(23)12-29-20(25)15-7-4-5-8-17(15)22(26)27/h4-5,7-8,11H,6,9-10,12H2,1-3H3. The molecular weight excluding hydrogens is 380 g/mol. The maximum Gasteiger partial charge on any atom is 0.345 e. The Labute approximate surface area is 167 Å². The molecule has 0 saturated carbocycles. The molecule has 0 aliphatic heterocycles. The highest BCUT2D eigenvalue weighted by atomic mass is 16.6. The van der Waals surface area contributed by atoms with E-state index in [9.17, 15) is 24.5 Å². The fourth-order valence-corrected chi connectivity index (χ4v) is 3.00. The van der Waals surface area contributed by atoms with Gasteiger partial charge in [-0.05, 0) is 32.4 Å². The fourth-order valence-electron chi connectivity index (χ4n) is 3.00. The van der Waals surface area contributed by atoms with Crippen molar-refractivity contribution in [3.8, 4) is 0 Å². The predicted octanol–water partition coefficient (Wildman–Crippen LogP) is 3.01. The fraction of sp³-hybridized carbons (Fsp3) is 0.350. The minimum absolute atomic E-state index is 0.210. The molecular formula is C20H22N2O7. The summed E-state index contributed by atoms with van der Waals surface area (Å²) < 4.78 is 11.5. The zero-order valence-corrected chi connectivity index (χ0v) is 16.5. The summed E-state index contributed by atoms with van der Waals surface area (Å²) >= 11 is 0. The molecule has 0 spiro atoms. The lowest BCUT2D eigenvalue weighted by Gasteiger charge is -2.09. The van der Waals surface area contributed by atoms with Crippen LogP contribution >= 0.6 is 0 Å². The molecule has 29 heavy (non-hydrogen) atoms. The Kier molecular flexibility index (Phi) is 7.24.